The Bertz CT molecular complexity index is 1100. The van der Waals surface area contributed by atoms with Gasteiger partial charge in [0.25, 0.3) is 0 Å². The normalized spacial score (nSPS) is 13.2. The molecule has 0 aliphatic rings. The molecular formula is C24H26ClNO5S. The molecule has 0 fully saturated rings. The van der Waals surface area contributed by atoms with Gasteiger partial charge in [-0.15, -0.1) is 11.3 Å². The van der Waals surface area contributed by atoms with Gasteiger partial charge in [-0.3, -0.25) is 14.9 Å². The average Bonchev–Trinajstić information content (AvgIpc) is 3.13. The predicted octanol–water partition coefficient (Wildman–Crippen LogP) is 5.22. The van der Waals surface area contributed by atoms with Crippen molar-refractivity contribution in [2.24, 2.45) is 5.92 Å². The van der Waals surface area contributed by atoms with Crippen LogP contribution in [0.3, 0.4) is 0 Å². The Kier molecular flexibility index (Phi) is 8.12. The second-order valence-electron chi connectivity index (χ2n) is 8.08. The maximum absolute atomic E-state index is 11.9. The van der Waals surface area contributed by atoms with Gasteiger partial charge in [-0.2, -0.15) is 0 Å². The molecule has 0 aliphatic heterocycles. The molecule has 2 aromatic carbocycles. The SMILES string of the molecule is CC(C)CC(NC(Cc1ccccc1OCc1csc2ccc(Cl)cc12)C(=O)O)C(=O)O. The van der Waals surface area contributed by atoms with Crippen molar-refractivity contribution in [1.29, 1.82) is 0 Å². The van der Waals surface area contributed by atoms with Crippen molar-refractivity contribution in [2.75, 3.05) is 0 Å². The van der Waals surface area contributed by atoms with E-state index < -0.39 is 24.0 Å². The Labute approximate surface area is 195 Å². The van der Waals surface area contributed by atoms with Crippen LogP contribution in [0.1, 0.15) is 31.4 Å². The van der Waals surface area contributed by atoms with Crippen molar-refractivity contribution >= 4 is 45.0 Å². The first-order valence-electron chi connectivity index (χ1n) is 10.3. The lowest BCUT2D eigenvalue weighted by Crippen LogP contribution is -2.48. The molecule has 0 aliphatic carbocycles. The minimum absolute atomic E-state index is 0.101. The highest BCUT2D eigenvalue weighted by atomic mass is 35.5. The second kappa shape index (κ2) is 10.8. The number of halogens is 1. The number of para-hydroxylation sites is 1. The van der Waals surface area contributed by atoms with Crippen LogP contribution in [-0.2, 0) is 22.6 Å². The van der Waals surface area contributed by atoms with Gasteiger partial charge in [0.2, 0.25) is 0 Å². The van der Waals surface area contributed by atoms with E-state index in [9.17, 15) is 19.8 Å². The van der Waals surface area contributed by atoms with Crippen LogP contribution in [0.2, 0.25) is 5.02 Å². The lowest BCUT2D eigenvalue weighted by Gasteiger charge is -2.22. The number of hydrogen-bond acceptors (Lipinski definition) is 5. The first-order chi connectivity index (χ1) is 15.2. The van der Waals surface area contributed by atoms with E-state index in [4.69, 9.17) is 16.3 Å². The fourth-order valence-electron chi connectivity index (χ4n) is 3.53. The molecule has 0 saturated heterocycles. The van der Waals surface area contributed by atoms with Crippen LogP contribution in [0, 0.1) is 5.92 Å². The smallest absolute Gasteiger partial charge is 0.321 e. The minimum atomic E-state index is -1.10. The number of carboxylic acid groups (broad SMARTS) is 2. The molecule has 170 valence electrons. The maximum Gasteiger partial charge on any atom is 0.321 e. The van der Waals surface area contributed by atoms with Gasteiger partial charge in [0.15, 0.2) is 0 Å². The molecular weight excluding hydrogens is 450 g/mol. The van der Waals surface area contributed by atoms with Gasteiger partial charge in [-0.25, -0.2) is 0 Å². The minimum Gasteiger partial charge on any atom is -0.489 e. The quantitative estimate of drug-likeness (QED) is 0.352. The number of ether oxygens (including phenoxy) is 1. The lowest BCUT2D eigenvalue weighted by molar-refractivity contribution is -0.142. The number of benzene rings is 2. The van der Waals surface area contributed by atoms with Crippen LogP contribution < -0.4 is 10.1 Å². The van der Waals surface area contributed by atoms with Crippen molar-refractivity contribution < 1.29 is 24.5 Å². The van der Waals surface area contributed by atoms with Crippen LogP contribution in [-0.4, -0.2) is 34.2 Å². The largest absolute Gasteiger partial charge is 0.489 e. The summed E-state index contributed by atoms with van der Waals surface area (Å²) in [6.45, 7) is 4.11. The summed E-state index contributed by atoms with van der Waals surface area (Å²) >= 11 is 7.74. The molecule has 2 atom stereocenters. The van der Waals surface area contributed by atoms with Crippen LogP contribution in [0.4, 0.5) is 0 Å². The molecule has 0 spiro atoms. The Morgan fingerprint density at radius 1 is 1.06 bits per heavy atom. The fourth-order valence-corrected chi connectivity index (χ4v) is 4.63. The highest BCUT2D eigenvalue weighted by Crippen LogP contribution is 2.30. The number of carboxylic acids is 2. The molecule has 1 heterocycles. The summed E-state index contributed by atoms with van der Waals surface area (Å²) in [5, 5.41) is 25.7. The van der Waals surface area contributed by atoms with Crippen molar-refractivity contribution in [3.05, 3.63) is 64.0 Å². The molecule has 6 nitrogen and oxygen atoms in total. The molecule has 1 aromatic heterocycles. The molecule has 32 heavy (non-hydrogen) atoms. The standard InChI is InChI=1S/C24H26ClNO5S/c1-14(2)9-19(23(27)28)26-20(24(29)30)10-15-5-3-4-6-21(15)31-12-16-13-32-22-8-7-17(25)11-18(16)22/h3-8,11,13-14,19-20,26H,9-10,12H2,1-2H3,(H,27,28)(H,29,30). The maximum atomic E-state index is 11.9. The van der Waals surface area contributed by atoms with E-state index in [0.29, 0.717) is 29.4 Å². The molecule has 2 unspecified atom stereocenters. The number of aliphatic carboxylic acids is 2. The summed E-state index contributed by atoms with van der Waals surface area (Å²) in [5.41, 5.74) is 1.69. The monoisotopic (exact) mass is 475 g/mol. The van der Waals surface area contributed by atoms with Gasteiger partial charge in [0.1, 0.15) is 24.4 Å². The van der Waals surface area contributed by atoms with Gasteiger partial charge in [-0.05, 0) is 47.5 Å². The Hall–Kier alpha value is -2.61. The van der Waals surface area contributed by atoms with E-state index in [1.165, 1.54) is 0 Å². The fraction of sp³-hybridized carbons (Fsp3) is 0.333. The highest BCUT2D eigenvalue weighted by Gasteiger charge is 2.27. The van der Waals surface area contributed by atoms with Crippen LogP contribution in [0.15, 0.2) is 47.8 Å². The summed E-state index contributed by atoms with van der Waals surface area (Å²) in [4.78, 5) is 23.5. The summed E-state index contributed by atoms with van der Waals surface area (Å²) in [5.74, 6) is -1.48. The van der Waals surface area contributed by atoms with Gasteiger partial charge in [-0.1, -0.05) is 43.6 Å². The Morgan fingerprint density at radius 2 is 1.78 bits per heavy atom. The third-order valence-electron chi connectivity index (χ3n) is 5.10. The van der Waals surface area contributed by atoms with E-state index in [1.807, 2.05) is 49.6 Å². The number of thiophene rings is 1. The molecule has 0 saturated carbocycles. The number of carbonyl (C=O) groups is 2. The Balaban J connectivity index is 1.76. The zero-order valence-electron chi connectivity index (χ0n) is 17.9. The number of rotatable bonds is 11. The van der Waals surface area contributed by atoms with E-state index in [-0.39, 0.29) is 12.3 Å². The molecule has 0 radical (unpaired) electrons. The molecule has 3 aromatic rings. The molecule has 0 bridgehead atoms. The predicted molar refractivity (Wildman–Crippen MR) is 127 cm³/mol. The molecule has 8 heteroatoms. The van der Waals surface area contributed by atoms with Crippen molar-refractivity contribution in [1.82, 2.24) is 5.32 Å². The topological polar surface area (TPSA) is 95.9 Å². The number of hydrogen-bond donors (Lipinski definition) is 3. The van der Waals surface area contributed by atoms with Gasteiger partial charge in [0, 0.05) is 27.1 Å². The summed E-state index contributed by atoms with van der Waals surface area (Å²) < 4.78 is 7.17. The summed E-state index contributed by atoms with van der Waals surface area (Å²) in [6.07, 6.45) is 0.439. The van der Waals surface area contributed by atoms with Gasteiger partial charge < -0.3 is 14.9 Å². The first kappa shape index (κ1) is 24.0. The van der Waals surface area contributed by atoms with E-state index >= 15 is 0 Å². The van der Waals surface area contributed by atoms with E-state index in [2.05, 4.69) is 5.32 Å². The second-order valence-corrected chi connectivity index (χ2v) is 9.43. The number of nitrogens with one attached hydrogen (secondary N) is 1. The average molecular weight is 476 g/mol. The third kappa shape index (κ3) is 6.22. The summed E-state index contributed by atoms with van der Waals surface area (Å²) in [6, 6.07) is 11.0. The molecule has 3 N–H and O–H groups in total. The third-order valence-corrected chi connectivity index (χ3v) is 6.35. The highest BCUT2D eigenvalue weighted by molar-refractivity contribution is 7.17. The Morgan fingerprint density at radius 3 is 2.47 bits per heavy atom. The van der Waals surface area contributed by atoms with Gasteiger partial charge in [0.05, 0.1) is 0 Å². The van der Waals surface area contributed by atoms with Crippen LogP contribution in [0.25, 0.3) is 10.1 Å². The molecule has 3 rings (SSSR count). The van der Waals surface area contributed by atoms with E-state index in [1.54, 1.807) is 23.5 Å². The van der Waals surface area contributed by atoms with Crippen LogP contribution in [0.5, 0.6) is 5.75 Å². The van der Waals surface area contributed by atoms with Gasteiger partial charge >= 0.3 is 11.9 Å². The van der Waals surface area contributed by atoms with Crippen molar-refractivity contribution in [3.63, 3.8) is 0 Å². The molecule has 0 amide bonds. The zero-order chi connectivity index (χ0) is 23.3. The number of fused-ring (bicyclic) bond motifs is 1. The first-order valence-corrected chi connectivity index (χ1v) is 11.6. The summed E-state index contributed by atoms with van der Waals surface area (Å²) in [7, 11) is 0. The zero-order valence-corrected chi connectivity index (χ0v) is 19.4. The van der Waals surface area contributed by atoms with Crippen molar-refractivity contribution in [2.45, 2.75) is 45.4 Å². The lowest BCUT2D eigenvalue weighted by atomic mass is 10.00. The van der Waals surface area contributed by atoms with Crippen LogP contribution >= 0.6 is 22.9 Å². The van der Waals surface area contributed by atoms with E-state index in [0.717, 1.165) is 15.6 Å². The van der Waals surface area contributed by atoms with Crippen molar-refractivity contribution in [3.8, 4) is 5.75 Å².